The molecular formula is C14H21N7O2. The third-order valence-corrected chi connectivity index (χ3v) is 4.08. The van der Waals surface area contributed by atoms with Crippen LogP contribution in [0.4, 0.5) is 6.01 Å². The minimum absolute atomic E-state index is 0.0627. The Balaban J connectivity index is 1.79. The molecule has 1 aliphatic rings. The molecule has 2 aromatic heterocycles. The fourth-order valence-corrected chi connectivity index (χ4v) is 2.82. The van der Waals surface area contributed by atoms with Crippen molar-refractivity contribution in [3.63, 3.8) is 0 Å². The number of carbonyl (C=O) groups is 1. The van der Waals surface area contributed by atoms with Gasteiger partial charge in [0, 0.05) is 33.4 Å². The highest BCUT2D eigenvalue weighted by Gasteiger charge is 2.39. The lowest BCUT2D eigenvalue weighted by atomic mass is 10.1. The average Bonchev–Trinajstić information content (AvgIpc) is 3.24. The van der Waals surface area contributed by atoms with Crippen molar-refractivity contribution in [2.45, 2.75) is 12.1 Å². The van der Waals surface area contributed by atoms with Crippen LogP contribution in [0.15, 0.2) is 23.0 Å². The van der Waals surface area contributed by atoms with Gasteiger partial charge in [0.2, 0.25) is 5.76 Å². The Morgan fingerprint density at radius 1 is 1.30 bits per heavy atom. The molecule has 0 saturated carbocycles. The standard InChI is InChI=1S/C14H21N7O2/c1-18(2)10-8-20(9-11(10)21-6-5-16-17-21)13(22)12-7-15-14(23-12)19(3)4/h5-7,10-11H,8-9H2,1-4H3/t10-,11+/m1/s1. The maximum atomic E-state index is 12.7. The largest absolute Gasteiger partial charge is 0.418 e. The van der Waals surface area contributed by atoms with Crippen LogP contribution in [0, 0.1) is 0 Å². The maximum absolute atomic E-state index is 12.7. The van der Waals surface area contributed by atoms with Gasteiger partial charge in [-0.3, -0.25) is 4.79 Å². The second-order valence-corrected chi connectivity index (χ2v) is 6.09. The van der Waals surface area contributed by atoms with E-state index in [0.717, 1.165) is 0 Å². The van der Waals surface area contributed by atoms with Crippen LogP contribution in [0.5, 0.6) is 0 Å². The number of likely N-dealkylation sites (N-methyl/N-ethyl adjacent to an activating group) is 1. The molecule has 9 nitrogen and oxygen atoms in total. The summed E-state index contributed by atoms with van der Waals surface area (Å²) in [5, 5.41) is 7.95. The predicted octanol–water partition coefficient (Wildman–Crippen LogP) is -0.0406. The van der Waals surface area contributed by atoms with E-state index in [1.807, 2.05) is 39.1 Å². The molecule has 0 aromatic carbocycles. The van der Waals surface area contributed by atoms with Crippen molar-refractivity contribution < 1.29 is 9.21 Å². The maximum Gasteiger partial charge on any atom is 0.297 e. The van der Waals surface area contributed by atoms with Gasteiger partial charge in [0.25, 0.3) is 11.9 Å². The topological polar surface area (TPSA) is 83.5 Å². The summed E-state index contributed by atoms with van der Waals surface area (Å²) < 4.78 is 7.33. The van der Waals surface area contributed by atoms with Crippen LogP contribution in [0.1, 0.15) is 16.6 Å². The number of amides is 1. The van der Waals surface area contributed by atoms with Crippen molar-refractivity contribution in [2.24, 2.45) is 0 Å². The molecule has 9 heteroatoms. The Morgan fingerprint density at radius 2 is 2.09 bits per heavy atom. The lowest BCUT2D eigenvalue weighted by molar-refractivity contribution is 0.0750. The number of anilines is 1. The Kier molecular flexibility index (Phi) is 4.03. The molecule has 1 saturated heterocycles. The van der Waals surface area contributed by atoms with Gasteiger partial charge in [-0.25, -0.2) is 9.67 Å². The first-order valence-corrected chi connectivity index (χ1v) is 7.42. The number of aromatic nitrogens is 4. The molecule has 1 amide bonds. The van der Waals surface area contributed by atoms with Crippen molar-refractivity contribution in [1.82, 2.24) is 29.8 Å². The third kappa shape index (κ3) is 2.91. The number of rotatable bonds is 4. The molecule has 2 aromatic rings. The molecule has 1 fully saturated rings. The van der Waals surface area contributed by atoms with Crippen LogP contribution >= 0.6 is 0 Å². The fourth-order valence-electron chi connectivity index (χ4n) is 2.82. The van der Waals surface area contributed by atoms with Gasteiger partial charge in [0.1, 0.15) is 0 Å². The summed E-state index contributed by atoms with van der Waals surface area (Å²) in [6.07, 6.45) is 4.95. The number of hydrogen-bond donors (Lipinski definition) is 0. The van der Waals surface area contributed by atoms with E-state index in [1.165, 1.54) is 6.20 Å². The van der Waals surface area contributed by atoms with Crippen molar-refractivity contribution >= 4 is 11.9 Å². The van der Waals surface area contributed by atoms with E-state index in [4.69, 9.17) is 4.42 Å². The van der Waals surface area contributed by atoms with Crippen molar-refractivity contribution in [2.75, 3.05) is 46.2 Å². The first-order valence-electron chi connectivity index (χ1n) is 7.42. The highest BCUT2D eigenvalue weighted by Crippen LogP contribution is 2.26. The van der Waals surface area contributed by atoms with E-state index in [9.17, 15) is 4.79 Å². The van der Waals surface area contributed by atoms with Gasteiger partial charge in [-0.15, -0.1) is 5.10 Å². The zero-order valence-corrected chi connectivity index (χ0v) is 13.7. The lowest BCUT2D eigenvalue weighted by Crippen LogP contribution is -2.37. The van der Waals surface area contributed by atoms with E-state index >= 15 is 0 Å². The SMILES string of the molecule is CN(C)c1ncc(C(=O)N2C[C@@H](N(C)C)[C@@H](n3ccnn3)C2)o1. The molecule has 0 N–H and O–H groups in total. The molecule has 2 atom stereocenters. The van der Waals surface area contributed by atoms with Gasteiger partial charge in [-0.1, -0.05) is 5.21 Å². The Hall–Kier alpha value is -2.42. The van der Waals surface area contributed by atoms with E-state index in [-0.39, 0.29) is 23.8 Å². The number of likely N-dealkylation sites (tertiary alicyclic amines) is 1. The van der Waals surface area contributed by atoms with Gasteiger partial charge in [-0.05, 0) is 14.1 Å². The van der Waals surface area contributed by atoms with E-state index < -0.39 is 0 Å². The summed E-state index contributed by atoms with van der Waals surface area (Å²) >= 11 is 0. The van der Waals surface area contributed by atoms with Crippen LogP contribution in [-0.4, -0.2) is 83.0 Å². The summed E-state index contributed by atoms with van der Waals surface area (Å²) in [7, 11) is 7.64. The third-order valence-electron chi connectivity index (χ3n) is 4.08. The Morgan fingerprint density at radius 3 is 2.65 bits per heavy atom. The lowest BCUT2D eigenvalue weighted by Gasteiger charge is -2.24. The highest BCUT2D eigenvalue weighted by molar-refractivity contribution is 5.91. The molecule has 124 valence electrons. The fraction of sp³-hybridized carbons (Fsp3) is 0.571. The van der Waals surface area contributed by atoms with Crippen LogP contribution in [0.2, 0.25) is 0 Å². The monoisotopic (exact) mass is 319 g/mol. The predicted molar refractivity (Wildman–Crippen MR) is 83.3 cm³/mol. The van der Waals surface area contributed by atoms with Gasteiger partial charge in [0.05, 0.1) is 24.5 Å². The number of hydrogen-bond acceptors (Lipinski definition) is 7. The average molecular weight is 319 g/mol. The molecule has 3 rings (SSSR count). The number of carbonyl (C=O) groups excluding carboxylic acids is 1. The molecule has 0 radical (unpaired) electrons. The highest BCUT2D eigenvalue weighted by atomic mass is 16.4. The van der Waals surface area contributed by atoms with E-state index in [0.29, 0.717) is 19.1 Å². The van der Waals surface area contributed by atoms with Gasteiger partial charge in [-0.2, -0.15) is 0 Å². The second-order valence-electron chi connectivity index (χ2n) is 6.09. The van der Waals surface area contributed by atoms with Gasteiger partial charge < -0.3 is 19.1 Å². The van der Waals surface area contributed by atoms with Crippen LogP contribution < -0.4 is 4.90 Å². The van der Waals surface area contributed by atoms with Gasteiger partial charge >= 0.3 is 0 Å². The molecule has 3 heterocycles. The minimum Gasteiger partial charge on any atom is -0.418 e. The van der Waals surface area contributed by atoms with Crippen molar-refractivity contribution in [1.29, 1.82) is 0 Å². The summed E-state index contributed by atoms with van der Waals surface area (Å²) in [6, 6.07) is 0.647. The zero-order chi connectivity index (χ0) is 16.6. The van der Waals surface area contributed by atoms with Crippen molar-refractivity contribution in [3.05, 3.63) is 24.4 Å². The second kappa shape index (κ2) is 5.99. The number of oxazole rings is 1. The molecule has 0 bridgehead atoms. The molecule has 0 spiro atoms. The summed E-state index contributed by atoms with van der Waals surface area (Å²) in [5.74, 6) is 0.102. The first kappa shape index (κ1) is 15.5. The van der Waals surface area contributed by atoms with Crippen LogP contribution in [0.25, 0.3) is 0 Å². The zero-order valence-electron chi connectivity index (χ0n) is 13.7. The van der Waals surface area contributed by atoms with Crippen LogP contribution in [-0.2, 0) is 0 Å². The summed E-state index contributed by atoms with van der Waals surface area (Å²) in [5.41, 5.74) is 0. The first-order chi connectivity index (χ1) is 11.0. The number of nitrogens with zero attached hydrogens (tertiary/aromatic N) is 7. The summed E-state index contributed by atoms with van der Waals surface area (Å²) in [6.45, 7) is 1.16. The molecule has 0 aliphatic carbocycles. The Bertz CT molecular complexity index is 664. The quantitative estimate of drug-likeness (QED) is 0.782. The van der Waals surface area contributed by atoms with Crippen LogP contribution in [0.3, 0.4) is 0 Å². The van der Waals surface area contributed by atoms with Gasteiger partial charge in [0.15, 0.2) is 0 Å². The minimum atomic E-state index is -0.153. The molecule has 1 aliphatic heterocycles. The molecule has 23 heavy (non-hydrogen) atoms. The summed E-state index contributed by atoms with van der Waals surface area (Å²) in [4.78, 5) is 22.4. The van der Waals surface area contributed by atoms with E-state index in [1.54, 1.807) is 16.0 Å². The molecular weight excluding hydrogens is 298 g/mol. The smallest absolute Gasteiger partial charge is 0.297 e. The van der Waals surface area contributed by atoms with E-state index in [2.05, 4.69) is 20.2 Å². The molecule has 0 unspecified atom stereocenters. The Labute approximate surface area is 134 Å². The van der Waals surface area contributed by atoms with Crippen molar-refractivity contribution in [3.8, 4) is 0 Å². The normalized spacial score (nSPS) is 21.2.